The average molecular weight is 396 g/mol. The number of hydrogen-bond acceptors (Lipinski definition) is 2. The summed E-state index contributed by atoms with van der Waals surface area (Å²) in [6, 6.07) is 0. The van der Waals surface area contributed by atoms with Crippen LogP contribution in [0.4, 0.5) is 0 Å². The molecular weight excluding hydrogens is 363 g/mol. The first-order chi connectivity index (χ1) is 9.36. The normalized spacial score (nSPS) is 17.2. The molecule has 120 valence electrons. The second-order valence-electron chi connectivity index (χ2n) is 5.30. The van der Waals surface area contributed by atoms with Crippen molar-refractivity contribution in [3.05, 3.63) is 0 Å². The quantitative estimate of drug-likeness (QED) is 0.301. The largest absolute Gasteiger partial charge is 0.357 e. The zero-order valence-electron chi connectivity index (χ0n) is 13.3. The van der Waals surface area contributed by atoms with E-state index in [0.29, 0.717) is 0 Å². The highest BCUT2D eigenvalue weighted by atomic mass is 127. The van der Waals surface area contributed by atoms with Crippen LogP contribution in [0.1, 0.15) is 52.4 Å². The third-order valence-electron chi connectivity index (χ3n) is 3.54. The molecule has 0 spiro atoms. The van der Waals surface area contributed by atoms with E-state index in [1.165, 1.54) is 51.6 Å². The molecule has 1 aliphatic rings. The second kappa shape index (κ2) is 13.9. The predicted octanol–water partition coefficient (Wildman–Crippen LogP) is 2.84. The van der Waals surface area contributed by atoms with E-state index in [0.717, 1.165) is 32.1 Å². The van der Waals surface area contributed by atoms with Crippen molar-refractivity contribution in [2.75, 3.05) is 39.3 Å². The summed E-state index contributed by atoms with van der Waals surface area (Å²) in [6.45, 7) is 10.9. The first-order valence-corrected chi connectivity index (χ1v) is 8.11. The number of unbranched alkanes of at least 4 members (excludes halogenated alkanes) is 1. The number of nitrogens with one attached hydrogen (secondary N) is 2. The molecule has 20 heavy (non-hydrogen) atoms. The third kappa shape index (κ3) is 9.80. The van der Waals surface area contributed by atoms with Crippen molar-refractivity contribution in [3.8, 4) is 0 Å². The maximum Gasteiger partial charge on any atom is 0.191 e. The second-order valence-corrected chi connectivity index (χ2v) is 5.30. The molecule has 1 saturated heterocycles. The molecule has 1 heterocycles. The van der Waals surface area contributed by atoms with E-state index in [4.69, 9.17) is 0 Å². The van der Waals surface area contributed by atoms with Gasteiger partial charge in [0, 0.05) is 26.2 Å². The summed E-state index contributed by atoms with van der Waals surface area (Å²) in [7, 11) is 0. The number of likely N-dealkylation sites (tertiary alicyclic amines) is 1. The summed E-state index contributed by atoms with van der Waals surface area (Å²) in [5.74, 6) is 0.978. The van der Waals surface area contributed by atoms with Gasteiger partial charge in [-0.2, -0.15) is 0 Å². The highest BCUT2D eigenvalue weighted by molar-refractivity contribution is 14.0. The van der Waals surface area contributed by atoms with Gasteiger partial charge in [0.2, 0.25) is 0 Å². The fraction of sp³-hybridized carbons (Fsp3) is 0.933. The Bertz CT molecular complexity index is 238. The first-order valence-electron chi connectivity index (χ1n) is 8.11. The highest BCUT2D eigenvalue weighted by Gasteiger charge is 2.08. The minimum absolute atomic E-state index is 0. The lowest BCUT2D eigenvalue weighted by Gasteiger charge is -2.20. The molecule has 0 radical (unpaired) electrons. The lowest BCUT2D eigenvalue weighted by molar-refractivity contribution is 0.289. The van der Waals surface area contributed by atoms with Gasteiger partial charge in [0.05, 0.1) is 0 Å². The number of guanidine groups is 1. The van der Waals surface area contributed by atoms with Crippen LogP contribution in [0.2, 0.25) is 0 Å². The van der Waals surface area contributed by atoms with E-state index < -0.39 is 0 Å². The SMILES string of the molecule is CCCCN=C(NCC)NCCN1CCCCCC1.I. The molecule has 0 atom stereocenters. The van der Waals surface area contributed by atoms with Gasteiger partial charge in [-0.1, -0.05) is 26.2 Å². The lowest BCUT2D eigenvalue weighted by atomic mass is 10.2. The van der Waals surface area contributed by atoms with Crippen LogP contribution < -0.4 is 10.6 Å². The fourth-order valence-corrected chi connectivity index (χ4v) is 2.38. The van der Waals surface area contributed by atoms with Crippen molar-refractivity contribution >= 4 is 29.9 Å². The van der Waals surface area contributed by atoms with Gasteiger partial charge in [-0.25, -0.2) is 0 Å². The lowest BCUT2D eigenvalue weighted by Crippen LogP contribution is -2.41. The summed E-state index contributed by atoms with van der Waals surface area (Å²) in [4.78, 5) is 7.16. The van der Waals surface area contributed by atoms with Crippen LogP contribution in [0.15, 0.2) is 4.99 Å². The Morgan fingerprint density at radius 2 is 1.75 bits per heavy atom. The van der Waals surface area contributed by atoms with Gasteiger partial charge in [-0.3, -0.25) is 4.99 Å². The van der Waals surface area contributed by atoms with Gasteiger partial charge in [0.25, 0.3) is 0 Å². The van der Waals surface area contributed by atoms with Crippen molar-refractivity contribution in [2.24, 2.45) is 4.99 Å². The van der Waals surface area contributed by atoms with E-state index in [9.17, 15) is 0 Å². The molecule has 4 nitrogen and oxygen atoms in total. The number of halogens is 1. The van der Waals surface area contributed by atoms with E-state index in [1.807, 2.05) is 0 Å². The average Bonchev–Trinajstić information content (AvgIpc) is 2.68. The molecule has 1 rings (SSSR count). The van der Waals surface area contributed by atoms with Crippen molar-refractivity contribution in [2.45, 2.75) is 52.4 Å². The van der Waals surface area contributed by atoms with Crippen LogP contribution in [-0.2, 0) is 0 Å². The van der Waals surface area contributed by atoms with E-state index in [1.54, 1.807) is 0 Å². The van der Waals surface area contributed by atoms with Crippen molar-refractivity contribution in [1.29, 1.82) is 0 Å². The smallest absolute Gasteiger partial charge is 0.191 e. The first kappa shape index (κ1) is 20.0. The Balaban J connectivity index is 0.00000361. The minimum Gasteiger partial charge on any atom is -0.357 e. The zero-order chi connectivity index (χ0) is 13.8. The molecule has 0 aliphatic carbocycles. The Kier molecular flexibility index (Phi) is 13.9. The van der Waals surface area contributed by atoms with E-state index in [2.05, 4.69) is 34.4 Å². The number of rotatable bonds is 7. The van der Waals surface area contributed by atoms with Crippen LogP contribution in [0.25, 0.3) is 0 Å². The van der Waals surface area contributed by atoms with Gasteiger partial charge in [-0.15, -0.1) is 24.0 Å². The topological polar surface area (TPSA) is 39.7 Å². The van der Waals surface area contributed by atoms with E-state index in [-0.39, 0.29) is 24.0 Å². The Morgan fingerprint density at radius 1 is 1.05 bits per heavy atom. The molecule has 0 aromatic heterocycles. The monoisotopic (exact) mass is 396 g/mol. The van der Waals surface area contributed by atoms with Crippen molar-refractivity contribution in [1.82, 2.24) is 15.5 Å². The van der Waals surface area contributed by atoms with Crippen LogP contribution >= 0.6 is 24.0 Å². The number of aliphatic imine (C=N–C) groups is 1. The molecule has 1 aliphatic heterocycles. The molecule has 1 fully saturated rings. The summed E-state index contributed by atoms with van der Waals surface area (Å²) in [6.07, 6.45) is 7.92. The van der Waals surface area contributed by atoms with Crippen LogP contribution in [0.3, 0.4) is 0 Å². The Morgan fingerprint density at radius 3 is 2.35 bits per heavy atom. The molecular formula is C15H33IN4. The van der Waals surface area contributed by atoms with E-state index >= 15 is 0 Å². The summed E-state index contributed by atoms with van der Waals surface area (Å²) in [5, 5.41) is 6.76. The summed E-state index contributed by atoms with van der Waals surface area (Å²) < 4.78 is 0. The summed E-state index contributed by atoms with van der Waals surface area (Å²) in [5.41, 5.74) is 0. The van der Waals surface area contributed by atoms with Gasteiger partial charge >= 0.3 is 0 Å². The standard InChI is InChI=1S/C15H32N4.HI/c1-3-5-10-17-15(16-4-2)18-11-14-19-12-8-6-7-9-13-19;/h3-14H2,1-2H3,(H2,16,17,18);1H. The van der Waals surface area contributed by atoms with Gasteiger partial charge in [-0.05, 0) is 39.3 Å². The van der Waals surface area contributed by atoms with Gasteiger partial charge in [0.15, 0.2) is 5.96 Å². The molecule has 0 saturated carbocycles. The van der Waals surface area contributed by atoms with Gasteiger partial charge < -0.3 is 15.5 Å². The number of hydrogen-bond donors (Lipinski definition) is 2. The Labute approximate surface area is 142 Å². The maximum atomic E-state index is 4.58. The summed E-state index contributed by atoms with van der Waals surface area (Å²) >= 11 is 0. The third-order valence-corrected chi connectivity index (χ3v) is 3.54. The van der Waals surface area contributed by atoms with Crippen LogP contribution in [0.5, 0.6) is 0 Å². The van der Waals surface area contributed by atoms with Crippen LogP contribution in [0, 0.1) is 0 Å². The van der Waals surface area contributed by atoms with Crippen molar-refractivity contribution in [3.63, 3.8) is 0 Å². The molecule has 0 amide bonds. The zero-order valence-corrected chi connectivity index (χ0v) is 15.6. The number of nitrogens with zero attached hydrogens (tertiary/aromatic N) is 2. The Hall–Kier alpha value is -0.0400. The molecule has 2 N–H and O–H groups in total. The van der Waals surface area contributed by atoms with Gasteiger partial charge in [0.1, 0.15) is 0 Å². The molecule has 0 bridgehead atoms. The van der Waals surface area contributed by atoms with Crippen molar-refractivity contribution < 1.29 is 0 Å². The fourth-order valence-electron chi connectivity index (χ4n) is 2.38. The predicted molar refractivity (Wildman–Crippen MR) is 99.2 cm³/mol. The molecule has 0 aromatic rings. The molecule has 0 aromatic carbocycles. The maximum absolute atomic E-state index is 4.58. The minimum atomic E-state index is 0. The molecule has 0 unspecified atom stereocenters. The molecule has 5 heteroatoms. The van der Waals surface area contributed by atoms with Crippen LogP contribution in [-0.4, -0.2) is 50.1 Å². The highest BCUT2D eigenvalue weighted by Crippen LogP contribution is 2.08.